The van der Waals surface area contributed by atoms with Crippen LogP contribution >= 0.6 is 92.3 Å². The summed E-state index contributed by atoms with van der Waals surface area (Å²) >= 11 is 12.6. The maximum absolute atomic E-state index is 13.6. The summed E-state index contributed by atoms with van der Waals surface area (Å²) < 4.78 is 41.1. The number of ketones is 2. The van der Waals surface area contributed by atoms with Gasteiger partial charge in [-0.15, -0.1) is 46.2 Å². The van der Waals surface area contributed by atoms with Crippen LogP contribution in [0.2, 0.25) is 72.5 Å². The molecule has 6 rings (SSSR count). The second-order valence-corrected chi connectivity index (χ2v) is 57.1. The predicted octanol–water partition coefficient (Wildman–Crippen LogP) is 21.6. The van der Waals surface area contributed by atoms with Crippen LogP contribution in [0.4, 0.5) is 0 Å². The van der Waals surface area contributed by atoms with Crippen LogP contribution < -0.4 is 0 Å². The first-order chi connectivity index (χ1) is 43.1. The highest BCUT2D eigenvalue weighted by atomic mass is 127. The Kier molecular flexibility index (Phi) is 34.3. The van der Waals surface area contributed by atoms with Crippen LogP contribution in [0.1, 0.15) is 131 Å². The number of rotatable bonds is 31. The minimum atomic E-state index is -2.09. The zero-order valence-corrected chi connectivity index (χ0v) is 71.5. The van der Waals surface area contributed by atoms with Crippen LogP contribution in [0.15, 0.2) is 94.0 Å². The summed E-state index contributed by atoms with van der Waals surface area (Å²) in [6.45, 7) is 45.5. The van der Waals surface area contributed by atoms with Crippen LogP contribution in [0.3, 0.4) is 0 Å². The molecule has 2 aliphatic carbocycles. The highest BCUT2D eigenvalue weighted by molar-refractivity contribution is 14.1. The van der Waals surface area contributed by atoms with Gasteiger partial charge in [-0.25, -0.2) is 0 Å². The standard InChI is InChI=1S/C36H58O5S3Si2.C19H27IOSSi.C17H30O4S2Si/c1-35(2,3)45(8,9)40-27(17-19-28-23-26-15-12-13-16-32(26)44-28)18-20-29-31(41-46(10,11)36(4,5)6)24-30(37)34(29)43-22-14-21-42-25-33(38)39-7;1-19(2,3)23(4,5)21-16(12-13-20)10-11-17-14-15-8-6-7-9-18(15)22-17;1-17(2,3)24(5,6)21-13-10-14(18)15(11-13)23-9-7-8-22-12-16(19)20-4/h12-13,15-16,18,20,23,27,29,31,34H,14,17,19,21-22,24-25H2,1-11H3;6-9,12-14,16H,10-11H2,1-5H3;11,13H,7-10,12H2,1-6H3/b20-18+;13-12+;/t27?,29-,31+,34+;;13-/m0.1/s1. The van der Waals surface area contributed by atoms with Gasteiger partial charge in [0.1, 0.15) is 5.78 Å². The number of Topliss-reactive ketones (excluding diaryl/α,β-unsaturated/α-hetero) is 2. The first-order valence-corrected chi connectivity index (χ1v) is 51.9. The molecule has 0 amide bonds. The molecule has 2 heterocycles. The van der Waals surface area contributed by atoms with Crippen LogP contribution in [-0.4, -0.2) is 135 Å². The lowest BCUT2D eigenvalue weighted by Crippen LogP contribution is -2.45. The molecular formula is C72H115IO10S6Si4. The van der Waals surface area contributed by atoms with Gasteiger partial charge in [0.05, 0.1) is 55.4 Å². The molecule has 21 heteroatoms. The van der Waals surface area contributed by atoms with Crippen molar-refractivity contribution in [2.75, 3.05) is 48.7 Å². The molecule has 4 aromatic rings. The monoisotopic (exact) mass is 1570 g/mol. The summed E-state index contributed by atoms with van der Waals surface area (Å²) in [6, 6.07) is 21.9. The average Bonchev–Trinajstić information content (AvgIpc) is 1.71. The highest BCUT2D eigenvalue weighted by Crippen LogP contribution is 2.45. The number of thioether (sulfide) groups is 4. The third-order valence-electron chi connectivity index (χ3n) is 19.0. The molecule has 0 bridgehead atoms. The Morgan fingerprint density at radius 3 is 1.48 bits per heavy atom. The van der Waals surface area contributed by atoms with Crippen molar-refractivity contribution in [2.45, 2.75) is 237 Å². The number of ether oxygens (including phenoxy) is 2. The van der Waals surface area contributed by atoms with Gasteiger partial charge in [0.2, 0.25) is 0 Å². The number of fused-ring (bicyclic) bond motifs is 2. The van der Waals surface area contributed by atoms with Crippen molar-refractivity contribution in [1.29, 1.82) is 0 Å². The van der Waals surface area contributed by atoms with E-state index in [9.17, 15) is 19.2 Å². The SMILES string of the molecule is CC(C)(C)[Si](C)(C)OC(/C=C/I)CCc1cc2ccccc2s1.COC(=O)CSCCCSC1=C[C@H](O[Si](C)(C)C(C)(C)C)CC1=O.COC(=O)CSCCCS[C@H]1C(=O)C[C@@H](O[Si](C)(C)C(C)(C)C)[C@@H]1/C=C/C(CCc1cc2ccccc2s1)O[Si](C)(C)C(C)(C)C. The molecule has 522 valence electrons. The first kappa shape index (κ1) is 84.1. The topological polar surface area (TPSA) is 124 Å². The molecule has 93 heavy (non-hydrogen) atoms. The van der Waals surface area contributed by atoms with Gasteiger partial charge in [0, 0.05) is 42.8 Å². The lowest BCUT2D eigenvalue weighted by Gasteiger charge is -2.40. The zero-order chi connectivity index (χ0) is 69.8. The van der Waals surface area contributed by atoms with Crippen molar-refractivity contribution in [3.8, 4) is 0 Å². The number of hydrogen-bond donors (Lipinski definition) is 0. The molecular weight excluding hydrogens is 1460 g/mol. The van der Waals surface area contributed by atoms with E-state index >= 15 is 0 Å². The van der Waals surface area contributed by atoms with Crippen LogP contribution in [0.5, 0.6) is 0 Å². The van der Waals surface area contributed by atoms with E-state index in [0.717, 1.165) is 66.4 Å². The number of allylic oxidation sites excluding steroid dienone is 1. The van der Waals surface area contributed by atoms with Crippen molar-refractivity contribution >= 4 is 169 Å². The van der Waals surface area contributed by atoms with E-state index in [0.29, 0.717) is 24.3 Å². The van der Waals surface area contributed by atoms with E-state index in [2.05, 4.69) is 246 Å². The average molecular weight is 1570 g/mol. The molecule has 0 N–H and O–H groups in total. The van der Waals surface area contributed by atoms with E-state index in [1.807, 2.05) is 28.7 Å². The quantitative estimate of drug-likeness (QED) is 0.0156. The molecule has 1 saturated carbocycles. The second kappa shape index (κ2) is 37.9. The highest BCUT2D eigenvalue weighted by Gasteiger charge is 2.48. The zero-order valence-electron chi connectivity index (χ0n) is 60.4. The molecule has 2 aromatic carbocycles. The lowest BCUT2D eigenvalue weighted by atomic mass is 10.0. The van der Waals surface area contributed by atoms with Crippen molar-refractivity contribution in [1.82, 2.24) is 0 Å². The normalized spacial score (nSPS) is 18.6. The summed E-state index contributed by atoms with van der Waals surface area (Å²) in [5.41, 5.74) is 0. The molecule has 2 unspecified atom stereocenters. The molecule has 2 aliphatic rings. The molecule has 0 saturated heterocycles. The lowest BCUT2D eigenvalue weighted by molar-refractivity contribution is -0.138. The number of methoxy groups -OCH3 is 2. The van der Waals surface area contributed by atoms with Gasteiger partial charge in [0.15, 0.2) is 39.1 Å². The van der Waals surface area contributed by atoms with Crippen molar-refractivity contribution in [3.05, 3.63) is 104 Å². The number of benzene rings is 2. The third kappa shape index (κ3) is 27.6. The van der Waals surface area contributed by atoms with E-state index < -0.39 is 33.3 Å². The molecule has 10 nitrogen and oxygen atoms in total. The predicted molar refractivity (Wildman–Crippen MR) is 428 cm³/mol. The van der Waals surface area contributed by atoms with Gasteiger partial charge >= 0.3 is 11.9 Å². The van der Waals surface area contributed by atoms with Crippen molar-refractivity contribution in [2.24, 2.45) is 5.92 Å². The van der Waals surface area contributed by atoms with Crippen molar-refractivity contribution < 1.29 is 46.4 Å². The third-order valence-corrected chi connectivity index (χ3v) is 44.4. The van der Waals surface area contributed by atoms with Crippen LogP contribution in [0, 0.1) is 5.92 Å². The number of hydrogen-bond acceptors (Lipinski definition) is 16. The fourth-order valence-electron chi connectivity index (χ4n) is 9.19. The van der Waals surface area contributed by atoms with Gasteiger partial charge in [-0.1, -0.05) is 160 Å². The Balaban J connectivity index is 0.000000329. The Hall–Kier alpha value is -1.30. The molecule has 0 radical (unpaired) electrons. The molecule has 0 aliphatic heterocycles. The van der Waals surface area contributed by atoms with Gasteiger partial charge in [-0.3, -0.25) is 19.2 Å². The number of aryl methyl sites for hydroxylation is 2. The number of esters is 2. The Morgan fingerprint density at radius 2 is 1.04 bits per heavy atom. The van der Waals surface area contributed by atoms with Gasteiger partial charge < -0.3 is 27.2 Å². The fraction of sp³-hybridized carbons (Fsp3) is 0.639. The molecule has 0 spiro atoms. The van der Waals surface area contributed by atoms with Crippen LogP contribution in [-0.2, 0) is 59.2 Å². The maximum atomic E-state index is 13.6. The second-order valence-electron chi connectivity index (χ2n) is 30.5. The fourth-order valence-corrected chi connectivity index (χ4v) is 21.3. The largest absolute Gasteiger partial charge is 0.468 e. The molecule has 2 aromatic heterocycles. The summed E-state index contributed by atoms with van der Waals surface area (Å²) in [5, 5.41) is 3.09. The van der Waals surface area contributed by atoms with E-state index in [-0.39, 0.29) is 79.2 Å². The Bertz CT molecular complexity index is 3030. The summed E-state index contributed by atoms with van der Waals surface area (Å²) in [7, 11) is -4.89. The molecule has 1 fully saturated rings. The number of carbonyl (C=O) groups excluding carboxylic acids is 4. The Labute approximate surface area is 605 Å². The summed E-state index contributed by atoms with van der Waals surface area (Å²) in [6.07, 6.45) is 15.6. The number of halogens is 1. The maximum Gasteiger partial charge on any atom is 0.315 e. The summed E-state index contributed by atoms with van der Waals surface area (Å²) in [5.74, 6) is 4.40. The van der Waals surface area contributed by atoms with E-state index in [4.69, 9.17) is 22.4 Å². The minimum Gasteiger partial charge on any atom is -0.468 e. The first-order valence-electron chi connectivity index (χ1n) is 33.1. The van der Waals surface area contributed by atoms with Crippen molar-refractivity contribution in [3.63, 3.8) is 0 Å². The molecule has 6 atom stereocenters. The Morgan fingerprint density at radius 1 is 0.602 bits per heavy atom. The smallest absolute Gasteiger partial charge is 0.315 e. The minimum absolute atomic E-state index is 0.00388. The summed E-state index contributed by atoms with van der Waals surface area (Å²) in [4.78, 5) is 51.9. The van der Waals surface area contributed by atoms with Gasteiger partial charge in [-0.2, -0.15) is 23.5 Å². The van der Waals surface area contributed by atoms with E-state index in [1.54, 1.807) is 47.0 Å². The van der Waals surface area contributed by atoms with Crippen LogP contribution in [0.25, 0.3) is 20.2 Å². The van der Waals surface area contributed by atoms with E-state index in [1.165, 1.54) is 44.1 Å². The van der Waals surface area contributed by atoms with Gasteiger partial charge in [0.25, 0.3) is 0 Å². The number of thiophene rings is 2. The van der Waals surface area contributed by atoms with Gasteiger partial charge in [-0.05, 0) is 179 Å². The number of carbonyl (C=O) groups is 4.